The molecular weight excluding hydrogens is 565 g/mol. The number of aromatic nitrogens is 4. The predicted octanol–water partition coefficient (Wildman–Crippen LogP) is 5.13. The van der Waals surface area contributed by atoms with Gasteiger partial charge in [0.1, 0.15) is 17.2 Å². The molecule has 0 unspecified atom stereocenters. The second-order valence-corrected chi connectivity index (χ2v) is 11.6. The fourth-order valence-corrected chi connectivity index (χ4v) is 6.22. The first kappa shape index (κ1) is 27.1. The van der Waals surface area contributed by atoms with E-state index in [1.165, 1.54) is 12.1 Å². The quantitative estimate of drug-likeness (QED) is 0.312. The molecule has 2 saturated heterocycles. The van der Waals surface area contributed by atoms with Crippen molar-refractivity contribution in [3.05, 3.63) is 75.9 Å². The number of piperidine rings is 1. The number of carbonyl (C=O) groups is 1. The molecule has 0 spiro atoms. The van der Waals surface area contributed by atoms with Crippen LogP contribution in [-0.4, -0.2) is 61.5 Å². The van der Waals surface area contributed by atoms with Crippen molar-refractivity contribution in [3.8, 4) is 11.5 Å². The van der Waals surface area contributed by atoms with E-state index in [1.807, 2.05) is 16.7 Å². The molecule has 3 aliphatic rings. The van der Waals surface area contributed by atoms with Gasteiger partial charge in [-0.3, -0.25) is 4.90 Å². The zero-order chi connectivity index (χ0) is 29.0. The number of hydrogen-bond acceptors (Lipinski definition) is 8. The van der Waals surface area contributed by atoms with Gasteiger partial charge in [-0.15, -0.1) is 10.2 Å². The third-order valence-corrected chi connectivity index (χ3v) is 8.63. The molecule has 0 amide bonds. The average Bonchev–Trinajstić information content (AvgIpc) is 3.47. The molecule has 12 heteroatoms. The molecule has 7 rings (SSSR count). The standard InChI is InChI=1S/C30H29ClFN5O5/c1-30(21-6-5-18(31)13-22(21)32)41-25-4-2-3-20(27(25)42-30)17-7-10-36(11-8-17)16-26-33-23-14-24(29(38)39)34-35-28(23)37(26)15-19-9-12-40-19/h2-6,13-14,17,19H,7-12,15-16H2,1H3,(H,38,39)/t19-,30-/m0/s1. The van der Waals surface area contributed by atoms with E-state index in [2.05, 4.69) is 21.2 Å². The summed E-state index contributed by atoms with van der Waals surface area (Å²) in [6.45, 7) is 5.31. The van der Waals surface area contributed by atoms with E-state index in [9.17, 15) is 14.3 Å². The molecule has 0 radical (unpaired) electrons. The number of benzene rings is 2. The van der Waals surface area contributed by atoms with Crippen LogP contribution < -0.4 is 9.47 Å². The van der Waals surface area contributed by atoms with Crippen LogP contribution in [0.1, 0.15) is 59.5 Å². The predicted molar refractivity (Wildman–Crippen MR) is 150 cm³/mol. The summed E-state index contributed by atoms with van der Waals surface area (Å²) in [7, 11) is 0. The molecule has 0 aliphatic carbocycles. The largest absolute Gasteiger partial charge is 0.476 e. The summed E-state index contributed by atoms with van der Waals surface area (Å²) in [6, 6.07) is 11.8. The summed E-state index contributed by atoms with van der Waals surface area (Å²) in [5, 5.41) is 17.7. The molecule has 0 bridgehead atoms. The highest BCUT2D eigenvalue weighted by Gasteiger charge is 2.43. The summed E-state index contributed by atoms with van der Waals surface area (Å²) in [5.41, 5.74) is 2.30. The van der Waals surface area contributed by atoms with Crippen LogP contribution in [0.2, 0.25) is 5.02 Å². The molecular formula is C30H29ClFN5O5. The van der Waals surface area contributed by atoms with Crippen molar-refractivity contribution in [2.75, 3.05) is 19.7 Å². The van der Waals surface area contributed by atoms with Crippen LogP contribution in [0, 0.1) is 5.82 Å². The van der Waals surface area contributed by atoms with Gasteiger partial charge in [-0.25, -0.2) is 14.2 Å². The number of hydrogen-bond donors (Lipinski definition) is 1. The van der Waals surface area contributed by atoms with Crippen molar-refractivity contribution >= 4 is 28.7 Å². The lowest BCUT2D eigenvalue weighted by molar-refractivity contribution is -0.0712. The van der Waals surface area contributed by atoms with Gasteiger partial charge >= 0.3 is 5.97 Å². The lowest BCUT2D eigenvalue weighted by Crippen LogP contribution is -2.35. The number of carboxylic acids is 1. The fourth-order valence-electron chi connectivity index (χ4n) is 6.06. The Morgan fingerprint density at radius 1 is 1.14 bits per heavy atom. The first-order valence-corrected chi connectivity index (χ1v) is 14.4. The van der Waals surface area contributed by atoms with Crippen LogP contribution in [-0.2, 0) is 23.6 Å². The van der Waals surface area contributed by atoms with Gasteiger partial charge in [-0.2, -0.15) is 0 Å². The molecule has 10 nitrogen and oxygen atoms in total. The SMILES string of the molecule is C[C@]1(c2ccc(Cl)cc2F)Oc2cccc(C3CCN(Cc4nc5cc(C(=O)O)nnc5n4C[C@@H]4CCO4)CC3)c2O1. The van der Waals surface area contributed by atoms with Crippen molar-refractivity contribution in [2.24, 2.45) is 0 Å². The van der Waals surface area contributed by atoms with Crippen molar-refractivity contribution in [1.29, 1.82) is 0 Å². The molecule has 3 aliphatic heterocycles. The van der Waals surface area contributed by atoms with Crippen LogP contribution in [0.15, 0.2) is 42.5 Å². The van der Waals surface area contributed by atoms with Gasteiger partial charge in [-0.05, 0) is 62.5 Å². The monoisotopic (exact) mass is 593 g/mol. The Kier molecular flexibility index (Phi) is 6.75. The number of rotatable bonds is 7. The minimum Gasteiger partial charge on any atom is -0.476 e. The van der Waals surface area contributed by atoms with Gasteiger partial charge in [0, 0.05) is 30.2 Å². The van der Waals surface area contributed by atoms with Gasteiger partial charge in [-0.1, -0.05) is 23.7 Å². The molecule has 4 aromatic rings. The highest BCUT2D eigenvalue weighted by atomic mass is 35.5. The minimum absolute atomic E-state index is 0.0854. The molecule has 2 aromatic carbocycles. The van der Waals surface area contributed by atoms with Crippen molar-refractivity contribution in [3.63, 3.8) is 0 Å². The summed E-state index contributed by atoms with van der Waals surface area (Å²) >= 11 is 5.96. The molecule has 5 heterocycles. The molecule has 0 saturated carbocycles. The third-order valence-electron chi connectivity index (χ3n) is 8.39. The summed E-state index contributed by atoms with van der Waals surface area (Å²) in [5.74, 6) is -0.598. The number of aromatic carboxylic acids is 1. The maximum absolute atomic E-state index is 14.8. The van der Waals surface area contributed by atoms with Crippen LogP contribution in [0.25, 0.3) is 11.2 Å². The zero-order valence-corrected chi connectivity index (χ0v) is 23.7. The topological polar surface area (TPSA) is 112 Å². The number of para-hydroxylation sites is 1. The van der Waals surface area contributed by atoms with E-state index >= 15 is 0 Å². The van der Waals surface area contributed by atoms with Crippen molar-refractivity contribution in [1.82, 2.24) is 24.6 Å². The molecule has 218 valence electrons. The molecule has 42 heavy (non-hydrogen) atoms. The third kappa shape index (κ3) is 4.85. The maximum Gasteiger partial charge on any atom is 0.356 e. The second-order valence-electron chi connectivity index (χ2n) is 11.2. The Labute approximate surface area is 246 Å². The minimum atomic E-state index is -1.29. The Morgan fingerprint density at radius 2 is 1.95 bits per heavy atom. The number of carboxylic acid groups (broad SMARTS) is 1. The van der Waals surface area contributed by atoms with Crippen LogP contribution >= 0.6 is 11.6 Å². The van der Waals surface area contributed by atoms with Crippen LogP contribution in [0.5, 0.6) is 11.5 Å². The van der Waals surface area contributed by atoms with Gasteiger partial charge in [0.05, 0.1) is 24.8 Å². The molecule has 2 aromatic heterocycles. The molecule has 1 N–H and O–H groups in total. The van der Waals surface area contributed by atoms with Gasteiger partial charge in [0.2, 0.25) is 0 Å². The fraction of sp³-hybridized carbons (Fsp3) is 0.400. The van der Waals surface area contributed by atoms with Crippen molar-refractivity contribution in [2.45, 2.75) is 57.1 Å². The van der Waals surface area contributed by atoms with E-state index < -0.39 is 17.6 Å². The lowest BCUT2D eigenvalue weighted by atomic mass is 9.88. The lowest BCUT2D eigenvalue weighted by Gasteiger charge is -2.33. The first-order chi connectivity index (χ1) is 20.3. The van der Waals surface area contributed by atoms with Crippen LogP contribution in [0.4, 0.5) is 4.39 Å². The Hall–Kier alpha value is -3.80. The maximum atomic E-state index is 14.8. The Bertz CT molecular complexity index is 1690. The number of nitrogens with zero attached hydrogens (tertiary/aromatic N) is 5. The number of ether oxygens (including phenoxy) is 3. The summed E-state index contributed by atoms with van der Waals surface area (Å²) in [4.78, 5) is 18.5. The Morgan fingerprint density at radius 3 is 2.67 bits per heavy atom. The van der Waals surface area contributed by atoms with Gasteiger partial charge < -0.3 is 23.9 Å². The van der Waals surface area contributed by atoms with Gasteiger partial charge in [0.15, 0.2) is 22.8 Å². The zero-order valence-electron chi connectivity index (χ0n) is 22.9. The number of halogens is 2. The van der Waals surface area contributed by atoms with E-state index in [-0.39, 0.29) is 17.7 Å². The van der Waals surface area contributed by atoms with Crippen molar-refractivity contribution < 1.29 is 28.5 Å². The first-order valence-electron chi connectivity index (χ1n) is 14.0. The molecule has 2 atom stereocenters. The normalized spacial score (nSPS) is 22.4. The number of likely N-dealkylation sites (tertiary alicyclic amines) is 1. The van der Waals surface area contributed by atoms with Gasteiger partial charge in [0.25, 0.3) is 5.79 Å². The van der Waals surface area contributed by atoms with E-state index in [4.69, 9.17) is 30.8 Å². The number of fused-ring (bicyclic) bond motifs is 2. The highest BCUT2D eigenvalue weighted by molar-refractivity contribution is 6.30. The van der Waals surface area contributed by atoms with E-state index in [0.29, 0.717) is 46.3 Å². The van der Waals surface area contributed by atoms with E-state index in [1.54, 1.807) is 19.1 Å². The Balaban J connectivity index is 1.08. The highest BCUT2D eigenvalue weighted by Crippen LogP contribution is 2.49. The average molecular weight is 594 g/mol. The summed E-state index contributed by atoms with van der Waals surface area (Å²) < 4.78 is 35.0. The van der Waals surface area contributed by atoms with E-state index in [0.717, 1.165) is 50.3 Å². The second kappa shape index (κ2) is 10.5. The summed E-state index contributed by atoms with van der Waals surface area (Å²) in [6.07, 6.45) is 2.83. The smallest absolute Gasteiger partial charge is 0.356 e. The number of imidazole rings is 1. The van der Waals surface area contributed by atoms with Crippen LogP contribution in [0.3, 0.4) is 0 Å². The molecule has 2 fully saturated rings.